The highest BCUT2D eigenvalue weighted by Gasteiger charge is 2.60. The van der Waals surface area contributed by atoms with E-state index in [1.54, 1.807) is 0 Å². The molecule has 5 aliphatic heterocycles. The van der Waals surface area contributed by atoms with Crippen LogP contribution in [0.25, 0.3) is 0 Å². The highest BCUT2D eigenvalue weighted by atomic mass is 32.3. The van der Waals surface area contributed by atoms with E-state index in [0.717, 1.165) is 56.7 Å². The third-order valence-electron chi connectivity index (χ3n) is 13.8. The fourth-order valence-corrected chi connectivity index (χ4v) is 12.8. The van der Waals surface area contributed by atoms with E-state index in [0.29, 0.717) is 0 Å². The fraction of sp³-hybridized carbons (Fsp3) is 0.955. The summed E-state index contributed by atoms with van der Waals surface area (Å²) in [5, 5.41) is 26.3. The molecule has 5 aliphatic rings. The summed E-state index contributed by atoms with van der Waals surface area (Å²) in [5.74, 6) is -4.68. The Morgan fingerprint density at radius 1 is 0.358 bits per heavy atom. The van der Waals surface area contributed by atoms with Crippen LogP contribution in [0.1, 0.15) is 41.0 Å². The second kappa shape index (κ2) is 35.9. The molecule has 5 fully saturated rings. The SMILES string of the molecule is CCC.CO[C@@H]1[C@@H](OC)[C@H](O[C@H]2[C@H](OS(=O)(=O)[O-])[C@@H](OS(=O)(=O)[O-])[C@@H](O[C@@H]3C(C(=O)[O-])O[C@@H](O[C@H]4[C@H](OC)[C@@H](OS(=O)(=O)[O-])[C@@H](C)O[C@@H]4COS(=O)(=O)[O-])[C@H](OC)[C@H]3OC)O[C@@H]2COS(=O)(=O)[O-])O[C@H](C(=O)[O-])[C@H]1O[C@H]1O[C@H](COS(=O)(=O)[O-])[C@@H](OC(C)C)[C@H](OC)[C@H]1OC. The summed E-state index contributed by atoms with van der Waals surface area (Å²) < 4.78 is 340. The smallest absolute Gasteiger partial charge is 0.218 e. The van der Waals surface area contributed by atoms with Crippen molar-refractivity contribution in [3.05, 3.63) is 0 Å². The summed E-state index contributed by atoms with van der Waals surface area (Å²) in [6.45, 7) is 4.19. The van der Waals surface area contributed by atoms with Crippen LogP contribution in [0, 0.1) is 0 Å². The van der Waals surface area contributed by atoms with Gasteiger partial charge in [0.05, 0.1) is 44.0 Å². The lowest BCUT2D eigenvalue weighted by atomic mass is 9.94. The molecule has 0 aromatic carbocycles. The molecule has 5 rings (SSSR count). The maximum atomic E-state index is 13.2. The number of methoxy groups -OCH3 is 7. The van der Waals surface area contributed by atoms with Gasteiger partial charge in [0.2, 0.25) is 62.4 Å². The lowest BCUT2D eigenvalue weighted by Gasteiger charge is -2.52. The van der Waals surface area contributed by atoms with E-state index >= 15 is 0 Å². The van der Waals surface area contributed by atoms with Gasteiger partial charge in [-0.15, -0.1) is 0 Å². The molecule has 51 heteroatoms. The number of carbonyl (C=O) groups is 2. The number of ether oxygens (including phenoxy) is 17. The van der Waals surface area contributed by atoms with Crippen molar-refractivity contribution in [3.8, 4) is 0 Å². The Morgan fingerprint density at radius 2 is 0.621 bits per heavy atom. The molecule has 0 saturated carbocycles. The summed E-state index contributed by atoms with van der Waals surface area (Å²) in [5.41, 5.74) is 0. The predicted molar refractivity (Wildman–Crippen MR) is 281 cm³/mol. The number of carboxylic acids is 2. The lowest BCUT2D eigenvalue weighted by molar-refractivity contribution is -0.400. The van der Waals surface area contributed by atoms with Gasteiger partial charge < -0.3 is 128 Å². The normalized spacial score (nSPS) is 37.1. The van der Waals surface area contributed by atoms with Crippen LogP contribution in [0.4, 0.5) is 0 Å². The van der Waals surface area contributed by atoms with Gasteiger partial charge in [0.15, 0.2) is 31.3 Å². The van der Waals surface area contributed by atoms with Gasteiger partial charge in [-0.1, -0.05) is 20.3 Å². The van der Waals surface area contributed by atoms with Crippen molar-refractivity contribution < 1.29 is 203 Å². The molecule has 95 heavy (non-hydrogen) atoms. The third kappa shape index (κ3) is 24.6. The number of rotatable bonds is 34. The third-order valence-corrected chi connectivity index (χ3v) is 16.5. The van der Waals surface area contributed by atoms with Crippen molar-refractivity contribution in [2.75, 3.05) is 69.6 Å². The Hall–Kier alpha value is -2.52. The second-order valence-corrected chi connectivity index (χ2v) is 26.8. The first-order valence-corrected chi connectivity index (χ1v) is 35.2. The summed E-state index contributed by atoms with van der Waals surface area (Å²) in [6, 6.07) is 0. The molecule has 0 bridgehead atoms. The van der Waals surface area contributed by atoms with Crippen LogP contribution in [0.5, 0.6) is 0 Å². The molecule has 0 amide bonds. The van der Waals surface area contributed by atoms with Crippen LogP contribution in [0.2, 0.25) is 0 Å². The summed E-state index contributed by atoms with van der Waals surface area (Å²) >= 11 is 0. The first kappa shape index (κ1) is 84.9. The van der Waals surface area contributed by atoms with Gasteiger partial charge in [-0.25, -0.2) is 50.5 Å². The topological polar surface area (TPSA) is 636 Å². The van der Waals surface area contributed by atoms with Crippen LogP contribution < -0.4 is 10.2 Å². The molecule has 45 nitrogen and oxygen atoms in total. The molecular weight excluding hydrogens is 1440 g/mol. The Labute approximate surface area is 545 Å². The number of hydrogen-bond acceptors (Lipinski definition) is 45. The maximum absolute atomic E-state index is 13.2. The first-order valence-electron chi connectivity index (χ1n) is 27.2. The van der Waals surface area contributed by atoms with E-state index in [2.05, 4.69) is 38.9 Å². The molecular formula is C44H70O45S6-8. The maximum Gasteiger partial charge on any atom is 0.218 e. The Morgan fingerprint density at radius 3 is 0.937 bits per heavy atom. The monoisotopic (exact) mass is 1510 g/mol. The first-order chi connectivity index (χ1) is 43.8. The van der Waals surface area contributed by atoms with Gasteiger partial charge in [-0.05, 0) is 20.8 Å². The minimum absolute atomic E-state index is 0.670. The lowest BCUT2D eigenvalue weighted by Crippen LogP contribution is -2.70. The predicted octanol–water partition coefficient (Wildman–Crippen LogP) is -9.00. The molecule has 0 aromatic rings. The molecule has 0 spiro atoms. The average Bonchev–Trinajstić information content (AvgIpc) is 0.797. The molecule has 5 saturated heterocycles. The van der Waals surface area contributed by atoms with Gasteiger partial charge in [0.1, 0.15) is 116 Å². The number of carboxylic acid groups (broad SMARTS) is 2. The molecule has 5 heterocycles. The van der Waals surface area contributed by atoms with E-state index in [9.17, 15) is 97.6 Å². The number of carbonyl (C=O) groups excluding carboxylic acids is 2. The second-order valence-electron chi connectivity index (χ2n) is 20.6. The van der Waals surface area contributed by atoms with Crippen molar-refractivity contribution in [2.45, 2.75) is 200 Å². The summed E-state index contributed by atoms with van der Waals surface area (Å²) in [4.78, 5) is 26.3. The number of aliphatic carboxylic acids is 2. The van der Waals surface area contributed by atoms with E-state index in [1.165, 1.54) is 20.3 Å². The average molecular weight is 1510 g/mol. The van der Waals surface area contributed by atoms with Crippen molar-refractivity contribution in [1.82, 2.24) is 0 Å². The standard InChI is InChI=1S/C41H70O45S6.C3H8/c1-14(2)74-20-17(12-72-88(49,50)51)76-38(32(68-8)24(20)65-5)80-27-25(66-6)34(70-10)40(83-30(27)36(42)43)79-22-18(13-73-89(52,53)54)77-41(35(86-92(61,62)63)29(22)85-91(58,59)60)81-28-26(67-7)33(69-9)39(82-31(28)37(44)45)78-21-16(11-71-87(46,47)48)75-15(3)19(23(21)64-4)84-90(55,56)57;1-3-2/h14-35,38-41H,11-13H2,1-10H3,(H,42,43)(H,44,45)(H,46,47,48)(H,49,50,51)(H,52,53,54)(H,55,56,57)(H,58,59,60)(H,61,62,63);3H2,1-2H3/p-8/t15-,16-,17-,18-,19+,20-,21-,22-,23-,24+,25+,26+,27+,28+,29+,30+,31?,32-,33-,34-,35-,38-,39-,40-,41-;/m1./s1. The van der Waals surface area contributed by atoms with E-state index in [4.69, 9.17) is 80.5 Å². The van der Waals surface area contributed by atoms with Crippen molar-refractivity contribution in [2.24, 2.45) is 0 Å². The van der Waals surface area contributed by atoms with Crippen LogP contribution in [-0.2, 0) is 178 Å². The van der Waals surface area contributed by atoms with E-state index in [1.807, 2.05) is 0 Å². The van der Waals surface area contributed by atoms with Crippen LogP contribution >= 0.6 is 0 Å². The van der Waals surface area contributed by atoms with Crippen LogP contribution in [0.3, 0.4) is 0 Å². The highest BCUT2D eigenvalue weighted by Crippen LogP contribution is 2.41. The minimum Gasteiger partial charge on any atom is -0.726 e. The Balaban J connectivity index is 0.00000628. The molecule has 0 N–H and O–H groups in total. The number of hydrogen-bond donors (Lipinski definition) is 0. The van der Waals surface area contributed by atoms with Gasteiger partial charge in [0, 0.05) is 49.8 Å². The molecule has 0 aromatic heterocycles. The largest absolute Gasteiger partial charge is 0.726 e. The molecule has 1 unspecified atom stereocenters. The van der Waals surface area contributed by atoms with Crippen molar-refractivity contribution in [1.29, 1.82) is 0 Å². The van der Waals surface area contributed by atoms with Crippen molar-refractivity contribution in [3.63, 3.8) is 0 Å². The highest BCUT2D eigenvalue weighted by molar-refractivity contribution is 7.82. The molecule has 0 radical (unpaired) electrons. The molecule has 560 valence electrons. The fourth-order valence-electron chi connectivity index (χ4n) is 10.4. The Bertz CT molecular complexity index is 3140. The summed E-state index contributed by atoms with van der Waals surface area (Å²) in [7, 11) is -29.2. The van der Waals surface area contributed by atoms with Gasteiger partial charge >= 0.3 is 0 Å². The minimum atomic E-state index is -6.44. The van der Waals surface area contributed by atoms with Crippen LogP contribution in [0.15, 0.2) is 0 Å². The zero-order chi connectivity index (χ0) is 72.3. The van der Waals surface area contributed by atoms with E-state index in [-0.39, 0.29) is 0 Å². The van der Waals surface area contributed by atoms with Gasteiger partial charge in [0.25, 0.3) is 0 Å². The Kier molecular flexibility index (Phi) is 32.1. The molecule has 25 atom stereocenters. The van der Waals surface area contributed by atoms with E-state index < -0.39 is 254 Å². The van der Waals surface area contributed by atoms with Gasteiger partial charge in [-0.3, -0.25) is 25.1 Å². The quantitative estimate of drug-likeness (QED) is 0.0426. The van der Waals surface area contributed by atoms with Gasteiger partial charge in [-0.2, -0.15) is 0 Å². The zero-order valence-electron chi connectivity index (χ0n) is 51.7. The zero-order valence-corrected chi connectivity index (χ0v) is 56.6. The van der Waals surface area contributed by atoms with Crippen LogP contribution in [-0.4, -0.2) is 319 Å². The molecule has 0 aliphatic carbocycles. The summed E-state index contributed by atoms with van der Waals surface area (Å²) in [6.07, 6.45) is -55.2. The van der Waals surface area contributed by atoms with Crippen molar-refractivity contribution >= 4 is 74.3 Å².